The van der Waals surface area contributed by atoms with Crippen LogP contribution in [0.2, 0.25) is 0 Å². The van der Waals surface area contributed by atoms with Crippen LogP contribution in [0.15, 0.2) is 425 Å². The monoisotopic (exact) mass is 1650 g/mol. The number of nitrogens with zero attached hydrogens (tertiary/aromatic N) is 4. The Bertz CT molecular complexity index is 9420. The van der Waals surface area contributed by atoms with E-state index in [1.807, 2.05) is 11.3 Å². The summed E-state index contributed by atoms with van der Waals surface area (Å²) in [5.74, 6) is 0. The van der Waals surface area contributed by atoms with Crippen LogP contribution in [0.4, 0.5) is 0 Å². The zero-order valence-corrected chi connectivity index (χ0v) is 71.2. The molecule has 0 atom stereocenters. The number of fused-ring (bicyclic) bond motifs is 28. The highest BCUT2D eigenvalue weighted by atomic mass is 32.1. The zero-order valence-electron chi connectivity index (χ0n) is 70.4. The van der Waals surface area contributed by atoms with E-state index in [1.54, 1.807) is 12.4 Å². The molecule has 0 bridgehead atoms. The van der Waals surface area contributed by atoms with Gasteiger partial charge >= 0.3 is 0 Å². The van der Waals surface area contributed by atoms with Crippen molar-refractivity contribution in [2.45, 2.75) is 6.92 Å². The quantitative estimate of drug-likeness (QED) is 0.121. The molecule has 26 aromatic rings. The standard InChI is InChI=1S/C124H76N4S/c1-3-4-44-118-74(2)109-66-83(50-58-119(109)128(118)89-30-9-6-10-31-89)87-63-86(82-49-53-101-94-34-12-11-32-92(94)93-33-13-16-38-98(93)110(101)70-82)64-88(65-87)90-56-57-108-107-43-23-42-91(75-24-7-5-8-25-75)123(107)129-124(108)120(90)85-29-22-28-84(62-85)117-72-114-100-40-18-15-36-96(100)103-52-46-80(69-113(103)116(114)73-127-117)79-48-55-105-111(68-79)99-39-17-14-35-95(99)102-51-45-78(67-112(102)105)76-26-21-27-77(61-76)81-47-54-104-97-37-19-20-41-106(97)121-122(115(104)71-81)126-60-59-125-121/h3-73H,2H2,1H3/b4-3-,118-44+. The summed E-state index contributed by atoms with van der Waals surface area (Å²) in [6.45, 7) is 6.91. The third kappa shape index (κ3) is 11.9. The van der Waals surface area contributed by atoms with Crippen molar-refractivity contribution in [1.82, 2.24) is 19.5 Å². The van der Waals surface area contributed by atoms with Gasteiger partial charge in [0.05, 0.1) is 27.6 Å². The van der Waals surface area contributed by atoms with Crippen molar-refractivity contribution in [1.29, 1.82) is 0 Å². The predicted molar refractivity (Wildman–Crippen MR) is 553 cm³/mol. The van der Waals surface area contributed by atoms with E-state index in [-0.39, 0.29) is 0 Å². The Morgan fingerprint density at radius 2 is 0.612 bits per heavy atom. The predicted octanol–water partition coefficient (Wildman–Crippen LogP) is 32.8. The Hall–Kier alpha value is -16.6. The molecular formula is C124H76N4S. The first-order chi connectivity index (χ1) is 63.8. The number of hydrogen-bond acceptors (Lipinski definition) is 4. The van der Waals surface area contributed by atoms with Crippen LogP contribution in [0.3, 0.4) is 0 Å². The molecule has 129 heavy (non-hydrogen) atoms. The minimum atomic E-state index is 0.906. The van der Waals surface area contributed by atoms with E-state index in [1.165, 1.54) is 134 Å². The number of benzene rings is 22. The van der Waals surface area contributed by atoms with Crippen molar-refractivity contribution < 1.29 is 0 Å². The van der Waals surface area contributed by atoms with Crippen LogP contribution in [-0.4, -0.2) is 19.5 Å². The summed E-state index contributed by atoms with van der Waals surface area (Å²) in [6.07, 6.45) is 12.1. The van der Waals surface area contributed by atoms with Crippen LogP contribution in [0.5, 0.6) is 0 Å². The van der Waals surface area contributed by atoms with Gasteiger partial charge in [-0.3, -0.25) is 15.0 Å². The average Bonchev–Trinajstić information content (AvgIpc) is 1.23. The maximum absolute atomic E-state index is 5.58. The lowest BCUT2D eigenvalue weighted by Gasteiger charge is -2.17. The van der Waals surface area contributed by atoms with Gasteiger partial charge in [0.25, 0.3) is 0 Å². The number of pyridine rings is 1. The Balaban J connectivity index is 0.618. The molecule has 0 saturated heterocycles. The van der Waals surface area contributed by atoms with Crippen LogP contribution in [0.25, 0.3) is 279 Å². The normalized spacial score (nSPS) is 12.3. The number of para-hydroxylation sites is 1. The van der Waals surface area contributed by atoms with Crippen LogP contribution < -0.4 is 10.6 Å². The number of hydrogen-bond donors (Lipinski definition) is 0. The fourth-order valence-electron chi connectivity index (χ4n) is 21.2. The highest BCUT2D eigenvalue weighted by Gasteiger charge is 2.24. The fourth-order valence-corrected chi connectivity index (χ4v) is 22.6. The molecule has 4 aromatic heterocycles. The Labute approximate surface area is 747 Å². The molecule has 0 fully saturated rings. The molecule has 0 unspecified atom stereocenters. The molecule has 0 aliphatic rings. The van der Waals surface area contributed by atoms with Crippen molar-refractivity contribution in [3.63, 3.8) is 0 Å². The first-order valence-electron chi connectivity index (χ1n) is 44.3. The summed E-state index contributed by atoms with van der Waals surface area (Å²) in [7, 11) is 0. The Morgan fingerprint density at radius 3 is 1.17 bits per heavy atom. The molecular weight excluding hydrogens is 1580 g/mol. The molecule has 0 N–H and O–H groups in total. The molecule has 598 valence electrons. The molecule has 0 aliphatic heterocycles. The van der Waals surface area contributed by atoms with Crippen LogP contribution >= 0.6 is 11.3 Å². The molecule has 0 amide bonds. The van der Waals surface area contributed by atoms with Crippen LogP contribution in [0, 0.1) is 0 Å². The van der Waals surface area contributed by atoms with Gasteiger partial charge in [-0.1, -0.05) is 322 Å². The number of aromatic nitrogens is 4. The van der Waals surface area contributed by atoms with Gasteiger partial charge in [-0.2, -0.15) is 0 Å². The minimum Gasteiger partial charge on any atom is -0.309 e. The van der Waals surface area contributed by atoms with E-state index in [0.29, 0.717) is 0 Å². The van der Waals surface area contributed by atoms with E-state index in [9.17, 15) is 0 Å². The minimum absolute atomic E-state index is 0.906. The maximum atomic E-state index is 5.58. The van der Waals surface area contributed by atoms with Gasteiger partial charge in [-0.25, -0.2) is 0 Å². The summed E-state index contributed by atoms with van der Waals surface area (Å²) in [5.41, 5.74) is 24.3. The van der Waals surface area contributed by atoms with Crippen LogP contribution in [0.1, 0.15) is 6.92 Å². The first-order valence-corrected chi connectivity index (χ1v) is 45.1. The van der Waals surface area contributed by atoms with Crippen molar-refractivity contribution >= 4 is 185 Å². The van der Waals surface area contributed by atoms with Gasteiger partial charge in [0.1, 0.15) is 0 Å². The lowest BCUT2D eigenvalue weighted by Crippen LogP contribution is -2.26. The topological polar surface area (TPSA) is 43.6 Å². The zero-order chi connectivity index (χ0) is 85.1. The maximum Gasteiger partial charge on any atom is 0.0971 e. The van der Waals surface area contributed by atoms with E-state index in [0.717, 1.165) is 143 Å². The second kappa shape index (κ2) is 29.6. The molecule has 26 rings (SSSR count). The second-order valence-electron chi connectivity index (χ2n) is 34.3. The van der Waals surface area contributed by atoms with Crippen molar-refractivity contribution in [3.05, 3.63) is 436 Å². The summed E-state index contributed by atoms with van der Waals surface area (Å²) in [6, 6.07) is 147. The van der Waals surface area contributed by atoms with Crippen LogP contribution in [-0.2, 0) is 0 Å². The molecule has 5 heteroatoms. The Morgan fingerprint density at radius 1 is 0.248 bits per heavy atom. The molecule has 0 saturated carbocycles. The van der Waals surface area contributed by atoms with E-state index < -0.39 is 0 Å². The SMILES string of the molecule is C=c1/c(=C\C=C/C)n(-c2ccccc2)c2ccc(-c3cc(-c4ccc5c6ccccc6c6ccccc6c5c4)cc(-c4ccc5c(sc6c(-c7ccccc7)cccc65)c4-c4cccc(-c5cc6c7ccccc7c7ccc(-c8ccc9c%10cc(-c%11cccc(-c%12ccc%13c%14ccccc%14c%14nccnc%14c%13c%12)c%11)ccc%10c%10ccccc%10c9c8)cc7c6cn5)c4)c3)cc12. The third-order valence-corrected chi connectivity index (χ3v) is 28.6. The molecule has 0 radical (unpaired) electrons. The molecule has 0 spiro atoms. The first kappa shape index (κ1) is 73.9. The average molecular weight is 1650 g/mol. The van der Waals surface area contributed by atoms with E-state index in [4.69, 9.17) is 21.5 Å². The van der Waals surface area contributed by atoms with Gasteiger partial charge < -0.3 is 4.57 Å². The number of allylic oxidation sites excluding steroid dienone is 2. The third-order valence-electron chi connectivity index (χ3n) is 27.3. The van der Waals surface area contributed by atoms with Gasteiger partial charge in [0.2, 0.25) is 0 Å². The van der Waals surface area contributed by atoms with Crippen molar-refractivity contribution in [2.24, 2.45) is 0 Å². The molecule has 0 aliphatic carbocycles. The summed E-state index contributed by atoms with van der Waals surface area (Å²) >= 11 is 1.90. The van der Waals surface area contributed by atoms with Crippen molar-refractivity contribution in [3.8, 4) is 106 Å². The van der Waals surface area contributed by atoms with Gasteiger partial charge in [0, 0.05) is 82.3 Å². The lowest BCUT2D eigenvalue weighted by molar-refractivity contribution is 1.07. The van der Waals surface area contributed by atoms with E-state index in [2.05, 4.69) is 430 Å². The molecule has 22 aromatic carbocycles. The van der Waals surface area contributed by atoms with Crippen molar-refractivity contribution in [2.75, 3.05) is 0 Å². The molecule has 4 nitrogen and oxygen atoms in total. The highest BCUT2D eigenvalue weighted by Crippen LogP contribution is 2.51. The largest absolute Gasteiger partial charge is 0.309 e. The summed E-state index contributed by atoms with van der Waals surface area (Å²) < 4.78 is 4.84. The second-order valence-corrected chi connectivity index (χ2v) is 35.4. The number of thiophene rings is 1. The van der Waals surface area contributed by atoms with Gasteiger partial charge in [0.15, 0.2) is 0 Å². The summed E-state index contributed by atoms with van der Waals surface area (Å²) in [5, 5.41) is 32.0. The smallest absolute Gasteiger partial charge is 0.0971 e. The fraction of sp³-hybridized carbons (Fsp3) is 0.00806. The summed E-state index contributed by atoms with van der Waals surface area (Å²) in [4.78, 5) is 15.3. The lowest BCUT2D eigenvalue weighted by atomic mass is 9.87. The number of rotatable bonds is 11. The Kier molecular flexibility index (Phi) is 16.9. The molecule has 4 heterocycles. The highest BCUT2D eigenvalue weighted by molar-refractivity contribution is 7.27. The van der Waals surface area contributed by atoms with Gasteiger partial charge in [-0.15, -0.1) is 11.3 Å². The van der Waals surface area contributed by atoms with E-state index >= 15 is 0 Å². The van der Waals surface area contributed by atoms with Gasteiger partial charge in [-0.05, 0) is 290 Å².